The number of fused-ring (bicyclic) bond motifs is 1. The minimum Gasteiger partial charge on any atom is -0.399 e. The Morgan fingerprint density at radius 2 is 1.79 bits per heavy atom. The van der Waals surface area contributed by atoms with Crippen molar-refractivity contribution in [2.45, 2.75) is 20.0 Å². The first-order chi connectivity index (χ1) is 9.06. The fourth-order valence-electron chi connectivity index (χ4n) is 2.50. The molecular formula is C15H14F2N2. The largest absolute Gasteiger partial charge is 0.399 e. The minimum absolute atomic E-state index is 0.0507. The van der Waals surface area contributed by atoms with E-state index in [1.54, 1.807) is 11.8 Å². The van der Waals surface area contributed by atoms with Crippen LogP contribution >= 0.6 is 0 Å². The average Bonchev–Trinajstić information content (AvgIpc) is 2.77. The Balaban J connectivity index is 2.01. The van der Waals surface area contributed by atoms with E-state index in [2.05, 4.69) is 0 Å². The predicted molar refractivity (Wildman–Crippen MR) is 71.8 cm³/mol. The molecule has 0 spiro atoms. The fourth-order valence-corrected chi connectivity index (χ4v) is 2.50. The normalized spacial score (nSPS) is 13.7. The first-order valence-corrected chi connectivity index (χ1v) is 6.13. The second-order valence-electron chi connectivity index (χ2n) is 4.91. The third-order valence-electron chi connectivity index (χ3n) is 3.53. The van der Waals surface area contributed by atoms with Crippen LogP contribution in [-0.2, 0) is 13.1 Å². The number of hydrogen-bond acceptors (Lipinski definition) is 2. The molecule has 0 saturated carbocycles. The SMILES string of the molecule is Cc1ccc(F)c(N2Cc3ccc(N)cc3C2)c1F. The molecule has 0 unspecified atom stereocenters. The zero-order chi connectivity index (χ0) is 13.6. The second kappa shape index (κ2) is 4.23. The summed E-state index contributed by atoms with van der Waals surface area (Å²) in [6, 6.07) is 8.35. The second-order valence-corrected chi connectivity index (χ2v) is 4.91. The number of nitrogen functional groups attached to an aromatic ring is 1. The molecule has 19 heavy (non-hydrogen) atoms. The molecular weight excluding hydrogens is 246 g/mol. The topological polar surface area (TPSA) is 29.3 Å². The van der Waals surface area contributed by atoms with E-state index >= 15 is 0 Å². The molecule has 0 bridgehead atoms. The molecule has 0 atom stereocenters. The number of rotatable bonds is 1. The average molecular weight is 260 g/mol. The Morgan fingerprint density at radius 1 is 1.05 bits per heavy atom. The van der Waals surface area contributed by atoms with E-state index in [1.807, 2.05) is 18.2 Å². The summed E-state index contributed by atoms with van der Waals surface area (Å²) in [6.07, 6.45) is 0. The molecule has 1 aliphatic heterocycles. The van der Waals surface area contributed by atoms with Gasteiger partial charge in [0, 0.05) is 18.8 Å². The number of anilines is 2. The molecule has 0 saturated heterocycles. The van der Waals surface area contributed by atoms with E-state index in [9.17, 15) is 8.78 Å². The number of nitrogens with two attached hydrogens (primary N) is 1. The standard InChI is InChI=1S/C15H14F2N2/c1-9-2-5-13(16)15(14(9)17)19-7-10-3-4-12(18)6-11(10)8-19/h2-6H,7-8,18H2,1H3. The van der Waals surface area contributed by atoms with Crippen LogP contribution in [0, 0.1) is 18.6 Å². The molecule has 4 heteroatoms. The summed E-state index contributed by atoms with van der Waals surface area (Å²) in [4.78, 5) is 1.71. The quantitative estimate of drug-likeness (QED) is 0.796. The van der Waals surface area contributed by atoms with Crippen LogP contribution in [0.15, 0.2) is 30.3 Å². The summed E-state index contributed by atoms with van der Waals surface area (Å²) in [7, 11) is 0. The molecule has 1 aliphatic rings. The molecule has 3 rings (SSSR count). The van der Waals surface area contributed by atoms with Crippen molar-refractivity contribution in [3.8, 4) is 0 Å². The van der Waals surface area contributed by atoms with E-state index in [-0.39, 0.29) is 5.69 Å². The van der Waals surface area contributed by atoms with Crippen molar-refractivity contribution in [1.29, 1.82) is 0 Å². The summed E-state index contributed by atoms with van der Waals surface area (Å²) >= 11 is 0. The van der Waals surface area contributed by atoms with Gasteiger partial charge in [0.2, 0.25) is 0 Å². The van der Waals surface area contributed by atoms with E-state index < -0.39 is 11.6 Å². The number of nitrogens with zero attached hydrogens (tertiary/aromatic N) is 1. The van der Waals surface area contributed by atoms with E-state index in [4.69, 9.17) is 5.73 Å². The van der Waals surface area contributed by atoms with Crippen molar-refractivity contribution in [3.63, 3.8) is 0 Å². The summed E-state index contributed by atoms with van der Waals surface area (Å²) in [5.74, 6) is -1.01. The van der Waals surface area contributed by atoms with Gasteiger partial charge in [-0.3, -0.25) is 0 Å². The lowest BCUT2D eigenvalue weighted by Gasteiger charge is -2.20. The molecule has 2 aromatic rings. The zero-order valence-electron chi connectivity index (χ0n) is 10.6. The van der Waals surface area contributed by atoms with Crippen molar-refractivity contribution in [2.75, 3.05) is 10.6 Å². The lowest BCUT2D eigenvalue weighted by atomic mass is 10.1. The highest BCUT2D eigenvalue weighted by molar-refractivity contribution is 5.57. The van der Waals surface area contributed by atoms with Crippen molar-refractivity contribution in [3.05, 3.63) is 58.7 Å². The zero-order valence-corrected chi connectivity index (χ0v) is 10.6. The number of hydrogen-bond donors (Lipinski definition) is 1. The molecule has 0 fully saturated rings. The van der Waals surface area contributed by atoms with Crippen molar-refractivity contribution in [2.24, 2.45) is 0 Å². The van der Waals surface area contributed by atoms with Crippen LogP contribution in [-0.4, -0.2) is 0 Å². The Labute approximate surface area is 110 Å². The van der Waals surface area contributed by atoms with Crippen LogP contribution in [0.25, 0.3) is 0 Å². The van der Waals surface area contributed by atoms with Gasteiger partial charge >= 0.3 is 0 Å². The third-order valence-corrected chi connectivity index (χ3v) is 3.53. The van der Waals surface area contributed by atoms with Crippen LogP contribution < -0.4 is 10.6 Å². The summed E-state index contributed by atoms with van der Waals surface area (Å²) < 4.78 is 28.0. The molecule has 2 nitrogen and oxygen atoms in total. The van der Waals surface area contributed by atoms with Gasteiger partial charge in [-0.05, 0) is 41.8 Å². The van der Waals surface area contributed by atoms with Gasteiger partial charge in [0.15, 0.2) is 5.82 Å². The van der Waals surface area contributed by atoms with Crippen LogP contribution in [0.3, 0.4) is 0 Å². The first-order valence-electron chi connectivity index (χ1n) is 6.13. The smallest absolute Gasteiger partial charge is 0.152 e. The van der Waals surface area contributed by atoms with Crippen LogP contribution in [0.5, 0.6) is 0 Å². The molecule has 2 N–H and O–H groups in total. The minimum atomic E-state index is -0.524. The molecule has 0 aromatic heterocycles. The monoisotopic (exact) mass is 260 g/mol. The lowest BCUT2D eigenvalue weighted by Crippen LogP contribution is -2.18. The van der Waals surface area contributed by atoms with E-state index in [0.717, 1.165) is 11.1 Å². The molecule has 2 aromatic carbocycles. The van der Waals surface area contributed by atoms with Gasteiger partial charge < -0.3 is 10.6 Å². The van der Waals surface area contributed by atoms with E-state index in [0.29, 0.717) is 24.3 Å². The van der Waals surface area contributed by atoms with Gasteiger partial charge in [-0.2, -0.15) is 0 Å². The maximum atomic E-state index is 14.1. The van der Waals surface area contributed by atoms with Crippen LogP contribution in [0.4, 0.5) is 20.2 Å². The number of halogens is 2. The van der Waals surface area contributed by atoms with Crippen LogP contribution in [0.2, 0.25) is 0 Å². The summed E-state index contributed by atoms with van der Waals surface area (Å²) in [5, 5.41) is 0. The van der Waals surface area contributed by atoms with Gasteiger partial charge in [0.1, 0.15) is 11.5 Å². The summed E-state index contributed by atoms with van der Waals surface area (Å²) in [6.45, 7) is 2.63. The Hall–Kier alpha value is -2.10. The van der Waals surface area contributed by atoms with Crippen molar-refractivity contribution >= 4 is 11.4 Å². The van der Waals surface area contributed by atoms with Gasteiger partial charge in [-0.25, -0.2) is 8.78 Å². The fraction of sp³-hybridized carbons (Fsp3) is 0.200. The van der Waals surface area contributed by atoms with Crippen LogP contribution in [0.1, 0.15) is 16.7 Å². The Morgan fingerprint density at radius 3 is 2.58 bits per heavy atom. The Bertz CT molecular complexity index is 653. The van der Waals surface area contributed by atoms with Gasteiger partial charge in [-0.15, -0.1) is 0 Å². The highest BCUT2D eigenvalue weighted by Crippen LogP contribution is 2.33. The van der Waals surface area contributed by atoms with Gasteiger partial charge in [0.05, 0.1) is 0 Å². The third kappa shape index (κ3) is 1.93. The predicted octanol–water partition coefficient (Wildman–Crippen LogP) is 3.38. The first kappa shape index (κ1) is 12.0. The maximum Gasteiger partial charge on any atom is 0.152 e. The maximum absolute atomic E-state index is 14.1. The highest BCUT2D eigenvalue weighted by Gasteiger charge is 2.25. The van der Waals surface area contributed by atoms with Gasteiger partial charge in [0.25, 0.3) is 0 Å². The molecule has 0 radical (unpaired) electrons. The number of aryl methyl sites for hydroxylation is 1. The number of benzene rings is 2. The lowest BCUT2D eigenvalue weighted by molar-refractivity contribution is 0.567. The highest BCUT2D eigenvalue weighted by atomic mass is 19.1. The molecule has 0 amide bonds. The van der Waals surface area contributed by atoms with E-state index in [1.165, 1.54) is 12.1 Å². The summed E-state index contributed by atoms with van der Waals surface area (Å²) in [5.41, 5.74) is 9.00. The van der Waals surface area contributed by atoms with Gasteiger partial charge in [-0.1, -0.05) is 12.1 Å². The molecule has 98 valence electrons. The van der Waals surface area contributed by atoms with Crippen molar-refractivity contribution in [1.82, 2.24) is 0 Å². The van der Waals surface area contributed by atoms with Crippen molar-refractivity contribution < 1.29 is 8.78 Å². The molecule has 0 aliphatic carbocycles. The molecule has 1 heterocycles. The Kier molecular flexibility index (Phi) is 2.66.